The van der Waals surface area contributed by atoms with Crippen molar-refractivity contribution in [2.45, 2.75) is 6.42 Å². The van der Waals surface area contributed by atoms with Gasteiger partial charge in [-0.15, -0.1) is 0 Å². The van der Waals surface area contributed by atoms with E-state index in [1.807, 2.05) is 24.4 Å². The highest BCUT2D eigenvalue weighted by Crippen LogP contribution is 2.22. The van der Waals surface area contributed by atoms with Gasteiger partial charge < -0.3 is 19.2 Å². The molecule has 2 aromatic carbocycles. The van der Waals surface area contributed by atoms with Crippen molar-refractivity contribution in [3.63, 3.8) is 0 Å². The predicted molar refractivity (Wildman–Crippen MR) is 96.9 cm³/mol. The first-order valence-electron chi connectivity index (χ1n) is 8.11. The lowest BCUT2D eigenvalue weighted by Crippen LogP contribution is -2.12. The van der Waals surface area contributed by atoms with Crippen molar-refractivity contribution in [2.75, 3.05) is 6.61 Å². The summed E-state index contributed by atoms with van der Waals surface area (Å²) < 4.78 is 10.8. The van der Waals surface area contributed by atoms with Crippen LogP contribution < -0.4 is 10.4 Å². The first kappa shape index (κ1) is 16.0. The maximum atomic E-state index is 11.7. The number of hydrogen-bond acceptors (Lipinski definition) is 4. The van der Waals surface area contributed by atoms with E-state index in [9.17, 15) is 9.59 Å². The zero-order valence-electron chi connectivity index (χ0n) is 13.7. The topological polar surface area (TPSA) is 92.5 Å². The smallest absolute Gasteiger partial charge is 0.351 e. The number of carboxylic acid groups (broad SMARTS) is 1. The van der Waals surface area contributed by atoms with E-state index >= 15 is 0 Å². The SMILES string of the molecule is O=C(O)c1cc2ccc(OCCc3c[nH]c4ccccc34)cc2oc1=O. The Hall–Kier alpha value is -3.54. The van der Waals surface area contributed by atoms with Gasteiger partial charge in [-0.1, -0.05) is 18.2 Å². The van der Waals surface area contributed by atoms with E-state index in [2.05, 4.69) is 11.1 Å². The minimum absolute atomic E-state index is 0.296. The van der Waals surface area contributed by atoms with Crippen LogP contribution in [0.15, 0.2) is 63.9 Å². The predicted octanol–water partition coefficient (Wildman–Crippen LogP) is 3.59. The number of benzene rings is 2. The van der Waals surface area contributed by atoms with Gasteiger partial charge >= 0.3 is 11.6 Å². The minimum Gasteiger partial charge on any atom is -0.493 e. The molecule has 0 saturated heterocycles. The molecule has 0 fully saturated rings. The Labute approximate surface area is 147 Å². The molecule has 0 radical (unpaired) electrons. The van der Waals surface area contributed by atoms with Crippen LogP contribution in [0.4, 0.5) is 0 Å². The van der Waals surface area contributed by atoms with Gasteiger partial charge in [-0.3, -0.25) is 0 Å². The number of hydrogen-bond donors (Lipinski definition) is 2. The Morgan fingerprint density at radius 1 is 1.15 bits per heavy atom. The van der Waals surface area contributed by atoms with Gasteiger partial charge in [0, 0.05) is 35.0 Å². The van der Waals surface area contributed by atoms with Gasteiger partial charge in [-0.05, 0) is 29.8 Å². The highest BCUT2D eigenvalue weighted by atomic mass is 16.5. The van der Waals surface area contributed by atoms with Gasteiger partial charge in [0.1, 0.15) is 16.9 Å². The summed E-state index contributed by atoms with van der Waals surface area (Å²) in [5, 5.41) is 10.7. The minimum atomic E-state index is -1.31. The number of carbonyl (C=O) groups is 1. The summed E-state index contributed by atoms with van der Waals surface area (Å²) in [7, 11) is 0. The average molecular weight is 349 g/mol. The molecule has 0 saturated carbocycles. The van der Waals surface area contributed by atoms with E-state index in [4.69, 9.17) is 14.3 Å². The second-order valence-corrected chi connectivity index (χ2v) is 5.91. The first-order valence-corrected chi connectivity index (χ1v) is 8.11. The van der Waals surface area contributed by atoms with Gasteiger partial charge in [-0.25, -0.2) is 9.59 Å². The largest absolute Gasteiger partial charge is 0.493 e. The normalized spacial score (nSPS) is 11.1. The summed E-state index contributed by atoms with van der Waals surface area (Å²) in [4.78, 5) is 25.9. The third kappa shape index (κ3) is 2.93. The van der Waals surface area contributed by atoms with Crippen LogP contribution in [-0.4, -0.2) is 22.7 Å². The number of carboxylic acids is 1. The van der Waals surface area contributed by atoms with Crippen LogP contribution in [0.5, 0.6) is 5.75 Å². The molecule has 0 amide bonds. The van der Waals surface area contributed by atoms with Crippen LogP contribution in [0.25, 0.3) is 21.9 Å². The van der Waals surface area contributed by atoms with Crippen LogP contribution in [-0.2, 0) is 6.42 Å². The van der Waals surface area contributed by atoms with Crippen molar-refractivity contribution in [2.24, 2.45) is 0 Å². The van der Waals surface area contributed by atoms with Gasteiger partial charge in [0.2, 0.25) is 0 Å². The molecule has 0 bridgehead atoms. The van der Waals surface area contributed by atoms with Gasteiger partial charge in [-0.2, -0.15) is 0 Å². The average Bonchev–Trinajstić information content (AvgIpc) is 3.04. The summed E-state index contributed by atoms with van der Waals surface area (Å²) in [5.41, 5.74) is 1.29. The molecule has 0 unspecified atom stereocenters. The molecule has 2 N–H and O–H groups in total. The Morgan fingerprint density at radius 3 is 2.85 bits per heavy atom. The van der Waals surface area contributed by atoms with Gasteiger partial charge in [0.25, 0.3) is 0 Å². The first-order chi connectivity index (χ1) is 12.6. The van der Waals surface area contributed by atoms with E-state index in [-0.39, 0.29) is 5.56 Å². The fraction of sp³-hybridized carbons (Fsp3) is 0.100. The molecule has 0 aliphatic rings. The molecule has 0 aliphatic carbocycles. The summed E-state index contributed by atoms with van der Waals surface area (Å²) in [6.45, 7) is 0.463. The molecule has 0 spiro atoms. The number of aromatic nitrogens is 1. The van der Waals surface area contributed by atoms with Gasteiger partial charge in [0.05, 0.1) is 6.61 Å². The van der Waals surface area contributed by atoms with Crippen molar-refractivity contribution in [1.29, 1.82) is 0 Å². The standard InChI is InChI=1S/C20H15NO5/c22-19(23)16-9-12-5-6-14(10-18(12)26-20(16)24)25-8-7-13-11-21-17-4-2-1-3-15(13)17/h1-6,9-11,21H,7-8H2,(H,22,23). The van der Waals surface area contributed by atoms with Gasteiger partial charge in [0.15, 0.2) is 0 Å². The van der Waals surface area contributed by atoms with E-state index in [1.165, 1.54) is 17.0 Å². The Bertz CT molecular complexity index is 1170. The summed E-state index contributed by atoms with van der Waals surface area (Å²) in [5.74, 6) is -0.747. The molecule has 2 aromatic heterocycles. The third-order valence-corrected chi connectivity index (χ3v) is 4.25. The maximum absolute atomic E-state index is 11.7. The molecule has 130 valence electrons. The van der Waals surface area contributed by atoms with E-state index in [1.54, 1.807) is 18.2 Å². The lowest BCUT2D eigenvalue weighted by Gasteiger charge is -2.07. The lowest BCUT2D eigenvalue weighted by molar-refractivity contribution is 0.0692. The quantitative estimate of drug-likeness (QED) is 0.537. The molecule has 6 nitrogen and oxygen atoms in total. The zero-order chi connectivity index (χ0) is 18.1. The zero-order valence-corrected chi connectivity index (χ0v) is 13.7. The number of nitrogens with one attached hydrogen (secondary N) is 1. The number of H-pyrrole nitrogens is 1. The van der Waals surface area contributed by atoms with Crippen LogP contribution in [0, 0.1) is 0 Å². The summed E-state index contributed by atoms with van der Waals surface area (Å²) in [6, 6.07) is 14.4. The fourth-order valence-corrected chi connectivity index (χ4v) is 2.95. The molecule has 0 atom stereocenters. The monoisotopic (exact) mass is 349 g/mol. The van der Waals surface area contributed by atoms with Crippen molar-refractivity contribution in [3.8, 4) is 5.75 Å². The molecule has 26 heavy (non-hydrogen) atoms. The van der Waals surface area contributed by atoms with Crippen LogP contribution in [0.2, 0.25) is 0 Å². The van der Waals surface area contributed by atoms with Crippen molar-refractivity contribution < 1.29 is 19.1 Å². The highest BCUT2D eigenvalue weighted by Gasteiger charge is 2.12. The second-order valence-electron chi connectivity index (χ2n) is 5.91. The fourth-order valence-electron chi connectivity index (χ4n) is 2.95. The van der Waals surface area contributed by atoms with Crippen molar-refractivity contribution >= 4 is 27.8 Å². The van der Waals surface area contributed by atoms with Crippen LogP contribution in [0.1, 0.15) is 15.9 Å². The second kappa shape index (κ2) is 6.40. The van der Waals surface area contributed by atoms with E-state index in [0.29, 0.717) is 23.3 Å². The number of aromatic carboxylic acids is 1. The number of para-hydroxylation sites is 1. The Kier molecular flexibility index (Phi) is 3.93. The molecule has 2 heterocycles. The van der Waals surface area contributed by atoms with Crippen molar-refractivity contribution in [1.82, 2.24) is 4.98 Å². The van der Waals surface area contributed by atoms with E-state index < -0.39 is 11.6 Å². The number of fused-ring (bicyclic) bond motifs is 2. The molecule has 4 aromatic rings. The third-order valence-electron chi connectivity index (χ3n) is 4.25. The Balaban J connectivity index is 1.51. The van der Waals surface area contributed by atoms with E-state index in [0.717, 1.165) is 11.9 Å². The highest BCUT2D eigenvalue weighted by molar-refractivity contribution is 5.91. The summed E-state index contributed by atoms with van der Waals surface area (Å²) >= 11 is 0. The maximum Gasteiger partial charge on any atom is 0.351 e. The number of rotatable bonds is 5. The number of ether oxygens (including phenoxy) is 1. The molecule has 0 aliphatic heterocycles. The summed E-state index contributed by atoms with van der Waals surface area (Å²) in [6.07, 6.45) is 2.70. The molecule has 6 heteroatoms. The van der Waals surface area contributed by atoms with Crippen LogP contribution >= 0.6 is 0 Å². The van der Waals surface area contributed by atoms with Crippen LogP contribution in [0.3, 0.4) is 0 Å². The lowest BCUT2D eigenvalue weighted by atomic mass is 10.1. The van der Waals surface area contributed by atoms with Crippen molar-refractivity contribution in [3.05, 3.63) is 76.3 Å². The molecular formula is C20H15NO5. The molecular weight excluding hydrogens is 334 g/mol. The number of aromatic amines is 1. The molecule has 4 rings (SSSR count). The Morgan fingerprint density at radius 2 is 2.00 bits per heavy atom.